The van der Waals surface area contributed by atoms with Crippen molar-refractivity contribution in [1.82, 2.24) is 10.3 Å². The molecular weight excluding hydrogens is 214 g/mol. The molecule has 2 rings (SSSR count). The Morgan fingerprint density at radius 3 is 2.41 bits per heavy atom. The van der Waals surface area contributed by atoms with E-state index < -0.39 is 0 Å². The number of hydrogen-bond donors (Lipinski definition) is 2. The van der Waals surface area contributed by atoms with Crippen LogP contribution in [0, 0.1) is 10.8 Å². The van der Waals surface area contributed by atoms with Crippen LogP contribution in [0.3, 0.4) is 0 Å². The number of hydrogen-bond acceptors (Lipinski definition) is 3. The molecule has 1 aliphatic carbocycles. The van der Waals surface area contributed by atoms with Crippen molar-refractivity contribution in [3.05, 3.63) is 24.0 Å². The number of nitrogens with two attached hydrogens (primary N) is 1. The lowest BCUT2D eigenvalue weighted by Crippen LogP contribution is -2.30. The Morgan fingerprint density at radius 1 is 1.35 bits per heavy atom. The molecule has 1 heterocycles. The van der Waals surface area contributed by atoms with Gasteiger partial charge in [0.25, 0.3) is 5.91 Å². The number of nitrogens with zero attached hydrogens (tertiary/aromatic N) is 1. The molecule has 0 radical (unpaired) electrons. The number of carbonyl (C=O) groups excluding carboxylic acids is 1. The second kappa shape index (κ2) is 3.45. The molecule has 0 saturated heterocycles. The van der Waals surface area contributed by atoms with Gasteiger partial charge in [0.05, 0.1) is 0 Å². The average molecular weight is 233 g/mol. The Labute approximate surface area is 102 Å². The smallest absolute Gasteiger partial charge is 0.270 e. The number of pyridine rings is 1. The van der Waals surface area contributed by atoms with Crippen LogP contribution < -0.4 is 11.1 Å². The summed E-state index contributed by atoms with van der Waals surface area (Å²) >= 11 is 0. The van der Waals surface area contributed by atoms with Gasteiger partial charge in [0.15, 0.2) is 0 Å². The molecule has 1 aromatic heterocycles. The third kappa shape index (κ3) is 1.77. The number of carbonyl (C=O) groups is 1. The number of anilines is 1. The van der Waals surface area contributed by atoms with E-state index in [1.54, 1.807) is 18.3 Å². The summed E-state index contributed by atoms with van der Waals surface area (Å²) in [5.41, 5.74) is 6.82. The van der Waals surface area contributed by atoms with Crippen LogP contribution in [0.4, 0.5) is 5.69 Å². The fourth-order valence-corrected chi connectivity index (χ4v) is 2.33. The van der Waals surface area contributed by atoms with E-state index in [1.165, 1.54) is 0 Å². The highest BCUT2D eigenvalue weighted by Crippen LogP contribution is 2.62. The van der Waals surface area contributed by atoms with Gasteiger partial charge in [-0.15, -0.1) is 0 Å². The predicted octanol–water partition coefficient (Wildman–Crippen LogP) is 1.83. The molecule has 0 aromatic carbocycles. The molecule has 0 unspecified atom stereocenters. The highest BCUT2D eigenvalue weighted by atomic mass is 16.2. The quantitative estimate of drug-likeness (QED) is 0.818. The van der Waals surface area contributed by atoms with E-state index in [0.717, 1.165) is 0 Å². The van der Waals surface area contributed by atoms with E-state index in [2.05, 4.69) is 38.0 Å². The van der Waals surface area contributed by atoms with Crippen LogP contribution in [-0.2, 0) is 0 Å². The first-order valence-corrected chi connectivity index (χ1v) is 5.79. The molecule has 1 fully saturated rings. The maximum atomic E-state index is 12.0. The molecule has 4 heteroatoms. The summed E-state index contributed by atoms with van der Waals surface area (Å²) in [6.45, 7) is 8.63. The zero-order chi connectivity index (χ0) is 12.8. The van der Waals surface area contributed by atoms with Crippen LogP contribution in [-0.4, -0.2) is 16.9 Å². The summed E-state index contributed by atoms with van der Waals surface area (Å²) in [5.74, 6) is -0.152. The van der Waals surface area contributed by atoms with Crippen molar-refractivity contribution in [1.29, 1.82) is 0 Å². The van der Waals surface area contributed by atoms with E-state index in [4.69, 9.17) is 5.73 Å². The van der Waals surface area contributed by atoms with Gasteiger partial charge in [-0.05, 0) is 23.0 Å². The molecular formula is C13H19N3O. The second-order valence-corrected chi connectivity index (χ2v) is 5.82. The van der Waals surface area contributed by atoms with Gasteiger partial charge in [0.1, 0.15) is 5.69 Å². The first-order valence-electron chi connectivity index (χ1n) is 5.79. The van der Waals surface area contributed by atoms with Crippen molar-refractivity contribution in [2.45, 2.75) is 33.7 Å². The topological polar surface area (TPSA) is 68.0 Å². The minimum atomic E-state index is -0.152. The third-order valence-corrected chi connectivity index (χ3v) is 4.31. The summed E-state index contributed by atoms with van der Waals surface area (Å²) in [6, 6.07) is 3.45. The van der Waals surface area contributed by atoms with Crippen LogP contribution in [0.5, 0.6) is 0 Å². The number of rotatable bonds is 2. The number of amides is 1. The Bertz CT molecular complexity index is 451. The van der Waals surface area contributed by atoms with Crippen molar-refractivity contribution in [2.75, 3.05) is 5.73 Å². The molecule has 1 saturated carbocycles. The Morgan fingerprint density at radius 2 is 1.94 bits per heavy atom. The summed E-state index contributed by atoms with van der Waals surface area (Å²) in [4.78, 5) is 16.0. The van der Waals surface area contributed by atoms with Crippen LogP contribution in [0.2, 0.25) is 0 Å². The molecule has 17 heavy (non-hydrogen) atoms. The Balaban J connectivity index is 2.10. The molecule has 1 aliphatic rings. The van der Waals surface area contributed by atoms with Gasteiger partial charge in [-0.25, -0.2) is 0 Å². The Kier molecular flexibility index (Phi) is 2.42. The van der Waals surface area contributed by atoms with Crippen molar-refractivity contribution in [3.63, 3.8) is 0 Å². The molecule has 4 nitrogen and oxygen atoms in total. The number of aromatic nitrogens is 1. The van der Waals surface area contributed by atoms with Crippen molar-refractivity contribution in [3.8, 4) is 0 Å². The van der Waals surface area contributed by atoms with Crippen molar-refractivity contribution in [2.24, 2.45) is 10.8 Å². The molecule has 92 valence electrons. The average Bonchev–Trinajstić information content (AvgIpc) is 2.61. The molecule has 0 aliphatic heterocycles. The fraction of sp³-hybridized carbons (Fsp3) is 0.538. The SMILES string of the molecule is CC1(C)C(NC(=O)c2cc(N)ccn2)C1(C)C. The van der Waals surface area contributed by atoms with E-state index >= 15 is 0 Å². The van der Waals surface area contributed by atoms with Crippen LogP contribution in [0.15, 0.2) is 18.3 Å². The highest BCUT2D eigenvalue weighted by Gasteiger charge is 2.65. The van der Waals surface area contributed by atoms with Crippen LogP contribution in [0.1, 0.15) is 38.2 Å². The lowest BCUT2D eigenvalue weighted by atomic mass is 10.0. The molecule has 0 atom stereocenters. The fourth-order valence-electron chi connectivity index (χ4n) is 2.33. The zero-order valence-corrected chi connectivity index (χ0v) is 10.7. The summed E-state index contributed by atoms with van der Waals surface area (Å²) < 4.78 is 0. The van der Waals surface area contributed by atoms with Crippen LogP contribution >= 0.6 is 0 Å². The predicted molar refractivity (Wildman–Crippen MR) is 67.5 cm³/mol. The molecule has 1 aromatic rings. The van der Waals surface area contributed by atoms with Gasteiger partial charge in [-0.1, -0.05) is 27.7 Å². The van der Waals surface area contributed by atoms with Crippen molar-refractivity contribution < 1.29 is 4.79 Å². The minimum absolute atomic E-state index is 0.128. The second-order valence-electron chi connectivity index (χ2n) is 5.82. The van der Waals surface area contributed by atoms with E-state index in [1.807, 2.05) is 0 Å². The normalized spacial score (nSPS) is 20.9. The third-order valence-electron chi connectivity index (χ3n) is 4.31. The van der Waals surface area contributed by atoms with Gasteiger partial charge >= 0.3 is 0 Å². The largest absolute Gasteiger partial charge is 0.399 e. The molecule has 0 spiro atoms. The number of nitrogen functional groups attached to an aromatic ring is 1. The van der Waals surface area contributed by atoms with E-state index in [0.29, 0.717) is 11.4 Å². The molecule has 0 bridgehead atoms. The minimum Gasteiger partial charge on any atom is -0.399 e. The van der Waals surface area contributed by atoms with Crippen LogP contribution in [0.25, 0.3) is 0 Å². The highest BCUT2D eigenvalue weighted by molar-refractivity contribution is 5.93. The standard InChI is InChI=1S/C13H19N3O/c1-12(2)11(13(12,3)4)16-10(17)9-7-8(14)5-6-15-9/h5-7,11H,1-4H3,(H2,14,15)(H,16,17). The maximum Gasteiger partial charge on any atom is 0.270 e. The lowest BCUT2D eigenvalue weighted by Gasteiger charge is -2.06. The van der Waals surface area contributed by atoms with Crippen molar-refractivity contribution >= 4 is 11.6 Å². The molecule has 1 amide bonds. The summed E-state index contributed by atoms with van der Waals surface area (Å²) in [6.07, 6.45) is 1.55. The van der Waals surface area contributed by atoms with Gasteiger partial charge in [0.2, 0.25) is 0 Å². The molecule has 3 N–H and O–H groups in total. The summed E-state index contributed by atoms with van der Waals surface area (Å²) in [5, 5.41) is 3.02. The van der Waals surface area contributed by atoms with Gasteiger partial charge < -0.3 is 11.1 Å². The maximum absolute atomic E-state index is 12.0. The number of nitrogens with one attached hydrogen (secondary N) is 1. The summed E-state index contributed by atoms with van der Waals surface area (Å²) in [7, 11) is 0. The van der Waals surface area contributed by atoms with Gasteiger partial charge in [0, 0.05) is 17.9 Å². The van der Waals surface area contributed by atoms with Gasteiger partial charge in [-0.3, -0.25) is 9.78 Å². The van der Waals surface area contributed by atoms with E-state index in [9.17, 15) is 4.79 Å². The first kappa shape index (κ1) is 11.9. The van der Waals surface area contributed by atoms with Gasteiger partial charge in [-0.2, -0.15) is 0 Å². The first-order chi connectivity index (χ1) is 7.76. The Hall–Kier alpha value is -1.58. The monoisotopic (exact) mass is 233 g/mol. The lowest BCUT2D eigenvalue weighted by molar-refractivity contribution is 0.0938. The zero-order valence-electron chi connectivity index (χ0n) is 10.7. The van der Waals surface area contributed by atoms with E-state index in [-0.39, 0.29) is 22.8 Å².